The number of sulfonamides is 1. The lowest BCUT2D eigenvalue weighted by Gasteiger charge is -2.26. The normalized spacial score (nSPS) is 15.2. The predicted octanol–water partition coefficient (Wildman–Crippen LogP) is 3.44. The fraction of sp³-hybridized carbons (Fsp3) is 0.348. The highest BCUT2D eigenvalue weighted by Crippen LogP contribution is 2.25. The van der Waals surface area contributed by atoms with Crippen molar-refractivity contribution < 1.29 is 23.0 Å². The van der Waals surface area contributed by atoms with E-state index in [0.29, 0.717) is 39.3 Å². The van der Waals surface area contributed by atoms with Crippen LogP contribution < -0.4 is 9.54 Å². The maximum atomic E-state index is 12.9. The van der Waals surface area contributed by atoms with E-state index in [4.69, 9.17) is 14.5 Å². The summed E-state index contributed by atoms with van der Waals surface area (Å²) in [6, 6.07) is 14.4. The molecule has 1 aliphatic rings. The molecule has 8 nitrogen and oxygen atoms in total. The van der Waals surface area contributed by atoms with Crippen molar-refractivity contribution in [2.24, 2.45) is 4.99 Å². The van der Waals surface area contributed by atoms with E-state index < -0.39 is 10.0 Å². The Bertz CT molecular complexity index is 1230. The number of thiazole rings is 1. The Labute approximate surface area is 213 Å². The molecule has 11 heteroatoms. The first-order chi connectivity index (χ1) is 16.0. The summed E-state index contributed by atoms with van der Waals surface area (Å²) in [6.45, 7) is 2.23. The van der Waals surface area contributed by atoms with Crippen LogP contribution in [0.4, 0.5) is 5.69 Å². The van der Waals surface area contributed by atoms with Crippen LogP contribution in [0, 0.1) is 0 Å². The molecule has 0 saturated carbocycles. The van der Waals surface area contributed by atoms with Crippen molar-refractivity contribution in [1.29, 1.82) is 0 Å². The SMILES string of the molecule is Br.COc1ccc(N=c2scc(-c3ccc(S(=O)(=O)N4CCOCC4)cc3)n2CCCO)cc1. The van der Waals surface area contributed by atoms with Gasteiger partial charge in [0.15, 0.2) is 4.80 Å². The molecule has 0 bridgehead atoms. The topological polar surface area (TPSA) is 93.4 Å². The summed E-state index contributed by atoms with van der Waals surface area (Å²) in [5.41, 5.74) is 2.62. The Morgan fingerprint density at radius 2 is 1.76 bits per heavy atom. The van der Waals surface area contributed by atoms with E-state index in [1.54, 1.807) is 19.2 Å². The monoisotopic (exact) mass is 569 g/mol. The van der Waals surface area contributed by atoms with Crippen molar-refractivity contribution in [3.05, 3.63) is 58.7 Å². The van der Waals surface area contributed by atoms with E-state index in [0.717, 1.165) is 27.5 Å². The highest BCUT2D eigenvalue weighted by atomic mass is 79.9. The van der Waals surface area contributed by atoms with Crippen LogP contribution in [0.3, 0.4) is 0 Å². The third kappa shape index (κ3) is 5.96. The predicted molar refractivity (Wildman–Crippen MR) is 138 cm³/mol. The van der Waals surface area contributed by atoms with Crippen molar-refractivity contribution in [1.82, 2.24) is 8.87 Å². The Kier molecular flexibility index (Phi) is 9.46. The minimum atomic E-state index is -3.54. The second-order valence-electron chi connectivity index (χ2n) is 7.48. The van der Waals surface area contributed by atoms with Gasteiger partial charge in [0.1, 0.15) is 5.75 Å². The summed E-state index contributed by atoms with van der Waals surface area (Å²) in [5.74, 6) is 0.765. The molecule has 1 N–H and O–H groups in total. The van der Waals surface area contributed by atoms with E-state index in [1.807, 2.05) is 41.8 Å². The number of aliphatic hydroxyl groups is 1. The second kappa shape index (κ2) is 12.1. The molecule has 0 radical (unpaired) electrons. The number of benzene rings is 2. The minimum absolute atomic E-state index is 0. The van der Waals surface area contributed by atoms with E-state index in [1.165, 1.54) is 15.6 Å². The largest absolute Gasteiger partial charge is 0.497 e. The number of hydrogen-bond donors (Lipinski definition) is 1. The van der Waals surface area contributed by atoms with Gasteiger partial charge in [0.2, 0.25) is 10.0 Å². The molecule has 0 atom stereocenters. The van der Waals surface area contributed by atoms with Crippen LogP contribution in [0.25, 0.3) is 11.3 Å². The number of hydrogen-bond acceptors (Lipinski definition) is 7. The molecular weight excluding hydrogens is 542 g/mol. The number of nitrogens with zero attached hydrogens (tertiary/aromatic N) is 3. The molecule has 0 spiro atoms. The van der Waals surface area contributed by atoms with Gasteiger partial charge in [-0.15, -0.1) is 28.3 Å². The van der Waals surface area contributed by atoms with Gasteiger partial charge in [0.05, 0.1) is 36.6 Å². The molecule has 1 aliphatic heterocycles. The highest BCUT2D eigenvalue weighted by molar-refractivity contribution is 8.93. The van der Waals surface area contributed by atoms with Crippen LogP contribution in [0.2, 0.25) is 0 Å². The van der Waals surface area contributed by atoms with E-state index >= 15 is 0 Å². The molecule has 34 heavy (non-hydrogen) atoms. The van der Waals surface area contributed by atoms with Gasteiger partial charge < -0.3 is 19.1 Å². The maximum Gasteiger partial charge on any atom is 0.243 e. The summed E-state index contributed by atoms with van der Waals surface area (Å²) in [5, 5.41) is 11.4. The third-order valence-electron chi connectivity index (χ3n) is 5.39. The Morgan fingerprint density at radius 3 is 2.38 bits per heavy atom. The number of aromatic nitrogens is 1. The summed E-state index contributed by atoms with van der Waals surface area (Å²) >= 11 is 1.50. The summed E-state index contributed by atoms with van der Waals surface area (Å²) < 4.78 is 39.8. The van der Waals surface area contributed by atoms with Gasteiger partial charge in [0, 0.05) is 31.6 Å². The maximum absolute atomic E-state index is 12.9. The first kappa shape index (κ1) is 26.6. The van der Waals surface area contributed by atoms with E-state index in [2.05, 4.69) is 4.57 Å². The average Bonchev–Trinajstić information content (AvgIpc) is 3.26. The first-order valence-electron chi connectivity index (χ1n) is 10.7. The smallest absolute Gasteiger partial charge is 0.243 e. The number of rotatable bonds is 8. The van der Waals surface area contributed by atoms with Crippen LogP contribution in [0.1, 0.15) is 6.42 Å². The molecule has 0 unspecified atom stereocenters. The van der Waals surface area contributed by atoms with Crippen LogP contribution in [-0.2, 0) is 21.3 Å². The second-order valence-corrected chi connectivity index (χ2v) is 10.3. The minimum Gasteiger partial charge on any atom is -0.497 e. The van der Waals surface area contributed by atoms with Gasteiger partial charge in [-0.2, -0.15) is 4.31 Å². The number of aliphatic hydroxyl groups excluding tert-OH is 1. The lowest BCUT2D eigenvalue weighted by atomic mass is 10.2. The summed E-state index contributed by atoms with van der Waals surface area (Å²) in [4.78, 5) is 5.83. The van der Waals surface area contributed by atoms with Crippen LogP contribution in [0.15, 0.2) is 63.8 Å². The Balaban J connectivity index is 0.00000324. The zero-order valence-electron chi connectivity index (χ0n) is 18.8. The molecule has 4 rings (SSSR count). The van der Waals surface area contributed by atoms with Crippen LogP contribution in [-0.4, -0.2) is 62.4 Å². The number of halogens is 1. The quantitative estimate of drug-likeness (QED) is 0.448. The fourth-order valence-corrected chi connectivity index (χ4v) is 5.96. The molecule has 2 aromatic carbocycles. The van der Waals surface area contributed by atoms with Gasteiger partial charge in [-0.25, -0.2) is 13.4 Å². The average molecular weight is 571 g/mol. The van der Waals surface area contributed by atoms with Gasteiger partial charge in [0.25, 0.3) is 0 Å². The van der Waals surface area contributed by atoms with Crippen molar-refractivity contribution in [3.63, 3.8) is 0 Å². The molecule has 3 aromatic rings. The molecule has 1 aromatic heterocycles. The molecule has 184 valence electrons. The third-order valence-corrected chi connectivity index (χ3v) is 8.17. The lowest BCUT2D eigenvalue weighted by Crippen LogP contribution is -2.40. The Hall–Kier alpha value is -2.02. The first-order valence-corrected chi connectivity index (χ1v) is 13.0. The fourth-order valence-electron chi connectivity index (χ4n) is 3.60. The van der Waals surface area contributed by atoms with Crippen LogP contribution >= 0.6 is 28.3 Å². The molecule has 1 fully saturated rings. The summed E-state index contributed by atoms with van der Waals surface area (Å²) in [6.07, 6.45) is 0.586. The van der Waals surface area contributed by atoms with E-state index in [9.17, 15) is 13.5 Å². The number of ether oxygens (including phenoxy) is 2. The number of morpholine rings is 1. The molecule has 1 saturated heterocycles. The molecule has 2 heterocycles. The zero-order valence-corrected chi connectivity index (χ0v) is 22.1. The summed E-state index contributed by atoms with van der Waals surface area (Å²) in [7, 11) is -1.92. The van der Waals surface area contributed by atoms with Gasteiger partial charge in [-0.05, 0) is 48.4 Å². The lowest BCUT2D eigenvalue weighted by molar-refractivity contribution is 0.0730. The number of methoxy groups -OCH3 is 1. The van der Waals surface area contributed by atoms with E-state index in [-0.39, 0.29) is 28.5 Å². The zero-order chi connectivity index (χ0) is 23.3. The van der Waals surface area contributed by atoms with Gasteiger partial charge in [-0.1, -0.05) is 12.1 Å². The molecule has 0 aliphatic carbocycles. The van der Waals surface area contributed by atoms with Gasteiger partial charge in [-0.3, -0.25) is 0 Å². The molecule has 0 amide bonds. The molecular formula is C23H28BrN3O5S2. The Morgan fingerprint density at radius 1 is 1.09 bits per heavy atom. The van der Waals surface area contributed by atoms with Crippen LogP contribution in [0.5, 0.6) is 5.75 Å². The standard InChI is InChI=1S/C23H27N3O5S2.BrH/c1-30-20-7-5-19(6-8-20)24-23-26(11-2-14-27)22(17-32-23)18-3-9-21(10-4-18)33(28,29)25-12-15-31-16-13-25;/h3-10,17,27H,2,11-16H2,1H3;1H. The highest BCUT2D eigenvalue weighted by Gasteiger charge is 2.26. The van der Waals surface area contributed by atoms with Crippen molar-refractivity contribution >= 4 is 44.0 Å². The van der Waals surface area contributed by atoms with Gasteiger partial charge >= 0.3 is 0 Å². The van der Waals surface area contributed by atoms with Crippen molar-refractivity contribution in [3.8, 4) is 17.0 Å². The van der Waals surface area contributed by atoms with Crippen molar-refractivity contribution in [2.75, 3.05) is 40.0 Å². The van der Waals surface area contributed by atoms with Crippen molar-refractivity contribution in [2.45, 2.75) is 17.9 Å².